The van der Waals surface area contributed by atoms with Gasteiger partial charge in [-0.2, -0.15) is 0 Å². The minimum atomic E-state index is -0.450. The summed E-state index contributed by atoms with van der Waals surface area (Å²) in [6.45, 7) is 8.71. The number of carbonyl (C=O) groups excluding carboxylic acids is 1. The first kappa shape index (κ1) is 13.3. The molecule has 1 fully saturated rings. The van der Waals surface area contributed by atoms with Gasteiger partial charge in [-0.15, -0.1) is 0 Å². The minimum Gasteiger partial charge on any atom is -0.444 e. The molecule has 4 nitrogen and oxygen atoms in total. The van der Waals surface area contributed by atoms with Crippen molar-refractivity contribution in [3.8, 4) is 0 Å². The van der Waals surface area contributed by atoms with E-state index in [-0.39, 0.29) is 18.1 Å². The molecule has 16 heavy (non-hydrogen) atoms. The summed E-state index contributed by atoms with van der Waals surface area (Å²) in [6.07, 6.45) is 1.30. The van der Waals surface area contributed by atoms with Gasteiger partial charge in [-0.25, -0.2) is 4.79 Å². The fourth-order valence-electron chi connectivity index (χ4n) is 1.90. The fraction of sp³-hybridized carbons (Fsp3) is 0.917. The van der Waals surface area contributed by atoms with Crippen LogP contribution in [0.5, 0.6) is 0 Å². The van der Waals surface area contributed by atoms with Gasteiger partial charge in [0.1, 0.15) is 5.60 Å². The molecule has 1 aliphatic rings. The third-order valence-corrected chi connectivity index (χ3v) is 2.79. The molecule has 1 aliphatic heterocycles. The van der Waals surface area contributed by atoms with E-state index in [1.54, 1.807) is 11.8 Å². The van der Waals surface area contributed by atoms with E-state index in [4.69, 9.17) is 4.74 Å². The van der Waals surface area contributed by atoms with E-state index in [2.05, 4.69) is 0 Å². The van der Waals surface area contributed by atoms with Gasteiger partial charge in [-0.1, -0.05) is 0 Å². The van der Waals surface area contributed by atoms with E-state index in [9.17, 15) is 9.90 Å². The summed E-state index contributed by atoms with van der Waals surface area (Å²) in [7, 11) is 0. The van der Waals surface area contributed by atoms with E-state index < -0.39 is 5.60 Å². The Morgan fingerprint density at radius 1 is 1.50 bits per heavy atom. The second-order valence-corrected chi connectivity index (χ2v) is 5.57. The number of rotatable bonds is 1. The second kappa shape index (κ2) is 5.04. The lowest BCUT2D eigenvalue weighted by Crippen LogP contribution is -2.45. The molecule has 1 amide bonds. The highest BCUT2D eigenvalue weighted by Gasteiger charge is 2.29. The highest BCUT2D eigenvalue weighted by molar-refractivity contribution is 5.68. The summed E-state index contributed by atoms with van der Waals surface area (Å²) in [5.74, 6) is 0.182. The van der Waals surface area contributed by atoms with Crippen molar-refractivity contribution < 1.29 is 14.6 Å². The third-order valence-electron chi connectivity index (χ3n) is 2.79. The molecule has 0 aromatic rings. The number of aliphatic hydroxyl groups is 1. The number of ether oxygens (including phenoxy) is 1. The van der Waals surface area contributed by atoms with Crippen LogP contribution in [0.4, 0.5) is 4.79 Å². The van der Waals surface area contributed by atoms with Crippen LogP contribution in [-0.4, -0.2) is 40.9 Å². The van der Waals surface area contributed by atoms with Crippen LogP contribution < -0.4 is 0 Å². The summed E-state index contributed by atoms with van der Waals surface area (Å²) in [5, 5.41) is 9.53. The molecule has 0 bridgehead atoms. The number of nitrogens with zero attached hydrogens (tertiary/aromatic N) is 1. The van der Waals surface area contributed by atoms with Crippen molar-refractivity contribution in [2.24, 2.45) is 5.92 Å². The maximum atomic E-state index is 11.8. The van der Waals surface area contributed by atoms with Crippen LogP contribution in [0.25, 0.3) is 0 Å². The molecule has 2 atom stereocenters. The third kappa shape index (κ3) is 4.00. The summed E-state index contributed by atoms with van der Waals surface area (Å²) in [6, 6.07) is 0. The van der Waals surface area contributed by atoms with Gasteiger partial charge in [-0.3, -0.25) is 0 Å². The molecular formula is C12H23NO3. The van der Waals surface area contributed by atoms with Crippen molar-refractivity contribution in [3.05, 3.63) is 0 Å². The quantitative estimate of drug-likeness (QED) is 0.748. The van der Waals surface area contributed by atoms with Crippen molar-refractivity contribution in [2.45, 2.75) is 52.2 Å². The van der Waals surface area contributed by atoms with Crippen LogP contribution in [-0.2, 0) is 4.74 Å². The molecule has 1 unspecified atom stereocenters. The molecule has 1 heterocycles. The predicted molar refractivity (Wildman–Crippen MR) is 62.2 cm³/mol. The fourth-order valence-corrected chi connectivity index (χ4v) is 1.90. The van der Waals surface area contributed by atoms with Crippen LogP contribution in [0.3, 0.4) is 0 Å². The molecule has 1 N–H and O–H groups in total. The highest BCUT2D eigenvalue weighted by atomic mass is 16.6. The van der Waals surface area contributed by atoms with Crippen molar-refractivity contribution >= 4 is 6.09 Å². The van der Waals surface area contributed by atoms with Crippen LogP contribution in [0.1, 0.15) is 40.5 Å². The van der Waals surface area contributed by atoms with Gasteiger partial charge in [0.05, 0.1) is 6.10 Å². The van der Waals surface area contributed by atoms with Crippen molar-refractivity contribution in [1.82, 2.24) is 4.90 Å². The lowest BCUT2D eigenvalue weighted by Gasteiger charge is -2.35. The van der Waals surface area contributed by atoms with Gasteiger partial charge < -0.3 is 14.7 Å². The Balaban J connectivity index is 2.50. The zero-order valence-electron chi connectivity index (χ0n) is 10.7. The van der Waals surface area contributed by atoms with Crippen LogP contribution in [0, 0.1) is 5.92 Å². The first-order valence-corrected chi connectivity index (χ1v) is 5.95. The Morgan fingerprint density at radius 2 is 2.12 bits per heavy atom. The number of carbonyl (C=O) groups is 1. The standard InChI is InChI=1S/C12H23NO3/c1-9(14)10-6-5-7-13(8-10)11(15)16-12(2,3)4/h9-10,14H,5-8H2,1-4H3/t9?,10-/m0/s1. The molecule has 0 aliphatic carbocycles. The smallest absolute Gasteiger partial charge is 0.410 e. The number of amides is 1. The molecule has 94 valence electrons. The summed E-state index contributed by atoms with van der Waals surface area (Å²) < 4.78 is 5.31. The Kier molecular flexibility index (Phi) is 4.19. The molecule has 0 aromatic carbocycles. The molecule has 0 radical (unpaired) electrons. The second-order valence-electron chi connectivity index (χ2n) is 5.57. The Labute approximate surface area is 97.6 Å². The van der Waals surface area contributed by atoms with Gasteiger partial charge in [-0.05, 0) is 40.5 Å². The summed E-state index contributed by atoms with van der Waals surface area (Å²) in [4.78, 5) is 13.5. The van der Waals surface area contributed by atoms with Crippen LogP contribution in [0.15, 0.2) is 0 Å². The van der Waals surface area contributed by atoms with E-state index in [1.807, 2.05) is 20.8 Å². The molecule has 1 rings (SSSR count). The van der Waals surface area contributed by atoms with E-state index in [1.165, 1.54) is 0 Å². The first-order valence-electron chi connectivity index (χ1n) is 5.95. The summed E-state index contributed by atoms with van der Waals surface area (Å²) in [5.41, 5.74) is -0.450. The Morgan fingerprint density at radius 3 is 2.62 bits per heavy atom. The summed E-state index contributed by atoms with van der Waals surface area (Å²) >= 11 is 0. The number of likely N-dealkylation sites (tertiary alicyclic amines) is 1. The highest BCUT2D eigenvalue weighted by Crippen LogP contribution is 2.21. The zero-order chi connectivity index (χ0) is 12.3. The van der Waals surface area contributed by atoms with Gasteiger partial charge >= 0.3 is 6.09 Å². The predicted octanol–water partition coefficient (Wildman–Crippen LogP) is 2.01. The van der Waals surface area contributed by atoms with Crippen molar-refractivity contribution in [1.29, 1.82) is 0 Å². The molecule has 1 saturated heterocycles. The Hall–Kier alpha value is -0.770. The van der Waals surface area contributed by atoms with Gasteiger partial charge in [0.25, 0.3) is 0 Å². The SMILES string of the molecule is CC(O)[C@H]1CCCN(C(=O)OC(C)(C)C)C1. The monoisotopic (exact) mass is 229 g/mol. The maximum absolute atomic E-state index is 11.8. The molecule has 0 spiro atoms. The Bertz CT molecular complexity index is 245. The average Bonchev–Trinajstić information content (AvgIpc) is 2.15. The lowest BCUT2D eigenvalue weighted by molar-refractivity contribution is 0.00543. The number of hydrogen-bond acceptors (Lipinski definition) is 3. The van der Waals surface area contributed by atoms with Gasteiger partial charge in [0.2, 0.25) is 0 Å². The average molecular weight is 229 g/mol. The maximum Gasteiger partial charge on any atom is 0.410 e. The van der Waals surface area contributed by atoms with Crippen LogP contribution >= 0.6 is 0 Å². The lowest BCUT2D eigenvalue weighted by atomic mass is 9.94. The van der Waals surface area contributed by atoms with Crippen LogP contribution in [0.2, 0.25) is 0 Å². The van der Waals surface area contributed by atoms with E-state index in [0.717, 1.165) is 19.4 Å². The normalized spacial score (nSPS) is 24.1. The molecule has 0 aromatic heterocycles. The topological polar surface area (TPSA) is 49.8 Å². The zero-order valence-corrected chi connectivity index (χ0v) is 10.7. The van der Waals surface area contributed by atoms with Crippen molar-refractivity contribution in [2.75, 3.05) is 13.1 Å². The minimum absolute atomic E-state index is 0.182. The largest absolute Gasteiger partial charge is 0.444 e. The number of aliphatic hydroxyl groups excluding tert-OH is 1. The number of piperidine rings is 1. The number of hydrogen-bond donors (Lipinski definition) is 1. The molecule has 0 saturated carbocycles. The molecule has 4 heteroatoms. The van der Waals surface area contributed by atoms with E-state index in [0.29, 0.717) is 6.54 Å². The first-order chi connectivity index (χ1) is 7.29. The van der Waals surface area contributed by atoms with Gasteiger partial charge in [0, 0.05) is 19.0 Å². The molecular weight excluding hydrogens is 206 g/mol. The van der Waals surface area contributed by atoms with Crippen molar-refractivity contribution in [3.63, 3.8) is 0 Å². The van der Waals surface area contributed by atoms with Gasteiger partial charge in [0.15, 0.2) is 0 Å². The van der Waals surface area contributed by atoms with E-state index >= 15 is 0 Å².